The van der Waals surface area contributed by atoms with Gasteiger partial charge in [0.15, 0.2) is 23.0 Å². The molecule has 1 amide bonds. The molecule has 2 N–H and O–H groups in total. The van der Waals surface area contributed by atoms with Crippen LogP contribution >= 0.6 is 11.6 Å². The minimum Gasteiger partial charge on any atom is -0.491 e. The maximum Gasteiger partial charge on any atom is 0.251 e. The Labute approximate surface area is 165 Å². The van der Waals surface area contributed by atoms with Crippen molar-refractivity contribution in [2.75, 3.05) is 33.2 Å². The molecule has 0 aliphatic carbocycles. The van der Waals surface area contributed by atoms with Crippen molar-refractivity contribution in [3.05, 3.63) is 40.9 Å². The van der Waals surface area contributed by atoms with Gasteiger partial charge in [0.1, 0.15) is 31.7 Å². The second-order valence-corrected chi connectivity index (χ2v) is 6.58. The molecule has 0 saturated carbocycles. The maximum absolute atomic E-state index is 12.3. The highest BCUT2D eigenvalue weighted by atomic mass is 35.5. The van der Waals surface area contributed by atoms with E-state index in [1.54, 1.807) is 24.3 Å². The molecule has 2 aliphatic heterocycles. The zero-order valence-electron chi connectivity index (χ0n) is 14.8. The highest BCUT2D eigenvalue weighted by molar-refractivity contribution is 6.32. The monoisotopic (exact) mass is 407 g/mol. The van der Waals surface area contributed by atoms with Crippen LogP contribution in [0.1, 0.15) is 10.4 Å². The summed E-state index contributed by atoms with van der Waals surface area (Å²) >= 11 is 6.14. The molecule has 2 aliphatic rings. The van der Waals surface area contributed by atoms with Crippen molar-refractivity contribution < 1.29 is 33.6 Å². The molecule has 0 saturated heterocycles. The first-order valence-corrected chi connectivity index (χ1v) is 9.06. The number of carbonyl (C=O) groups is 1. The van der Waals surface area contributed by atoms with Crippen LogP contribution in [0.5, 0.6) is 28.7 Å². The molecule has 9 heteroatoms. The summed E-state index contributed by atoms with van der Waals surface area (Å²) < 4.78 is 26.9. The van der Waals surface area contributed by atoms with E-state index in [2.05, 4.69) is 5.32 Å². The number of amides is 1. The Morgan fingerprint density at radius 1 is 1.11 bits per heavy atom. The Morgan fingerprint density at radius 2 is 1.93 bits per heavy atom. The first-order chi connectivity index (χ1) is 13.6. The van der Waals surface area contributed by atoms with Gasteiger partial charge >= 0.3 is 0 Å². The molecule has 2 aromatic carbocycles. The van der Waals surface area contributed by atoms with Gasteiger partial charge < -0.3 is 34.1 Å². The SMILES string of the molecule is O=C(NCC(O)COc1ccc2c(c1)OCO2)c1cc(Cl)c2c(c1)OCCO2. The zero-order valence-corrected chi connectivity index (χ0v) is 15.5. The third kappa shape index (κ3) is 4.02. The number of fused-ring (bicyclic) bond motifs is 2. The molecule has 1 atom stereocenters. The highest BCUT2D eigenvalue weighted by Gasteiger charge is 2.20. The molecule has 0 spiro atoms. The van der Waals surface area contributed by atoms with E-state index in [0.717, 1.165) is 0 Å². The number of aliphatic hydroxyl groups is 1. The van der Waals surface area contributed by atoms with E-state index < -0.39 is 6.10 Å². The van der Waals surface area contributed by atoms with Crippen LogP contribution in [0.4, 0.5) is 0 Å². The van der Waals surface area contributed by atoms with E-state index in [4.69, 9.17) is 35.3 Å². The van der Waals surface area contributed by atoms with Crippen LogP contribution in [0.3, 0.4) is 0 Å². The second kappa shape index (κ2) is 8.04. The summed E-state index contributed by atoms with van der Waals surface area (Å²) in [7, 11) is 0. The fourth-order valence-electron chi connectivity index (χ4n) is 2.77. The summed E-state index contributed by atoms with van der Waals surface area (Å²) in [5, 5.41) is 13.0. The lowest BCUT2D eigenvalue weighted by molar-refractivity contribution is 0.0842. The number of hydrogen-bond donors (Lipinski definition) is 2. The smallest absolute Gasteiger partial charge is 0.251 e. The zero-order chi connectivity index (χ0) is 19.5. The number of ether oxygens (including phenoxy) is 5. The third-order valence-corrected chi connectivity index (χ3v) is 4.42. The topological polar surface area (TPSA) is 95.5 Å². The minimum atomic E-state index is -0.901. The molecule has 4 rings (SSSR count). The molecular weight excluding hydrogens is 390 g/mol. The van der Waals surface area contributed by atoms with Crippen molar-refractivity contribution in [2.24, 2.45) is 0 Å². The quantitative estimate of drug-likeness (QED) is 0.756. The molecule has 148 valence electrons. The average Bonchev–Trinajstić information content (AvgIpc) is 3.18. The van der Waals surface area contributed by atoms with Gasteiger partial charge in [0, 0.05) is 18.2 Å². The first kappa shape index (κ1) is 18.5. The molecule has 28 heavy (non-hydrogen) atoms. The number of halogens is 1. The molecule has 2 aromatic rings. The van der Waals surface area contributed by atoms with Gasteiger partial charge in [-0.05, 0) is 24.3 Å². The summed E-state index contributed by atoms with van der Waals surface area (Å²) in [5.41, 5.74) is 0.318. The van der Waals surface area contributed by atoms with Crippen LogP contribution in [-0.2, 0) is 0 Å². The van der Waals surface area contributed by atoms with Gasteiger partial charge in [-0.3, -0.25) is 4.79 Å². The van der Waals surface area contributed by atoms with Crippen LogP contribution in [0.2, 0.25) is 5.02 Å². The van der Waals surface area contributed by atoms with Crippen molar-refractivity contribution >= 4 is 17.5 Å². The lowest BCUT2D eigenvalue weighted by atomic mass is 10.1. The lowest BCUT2D eigenvalue weighted by Gasteiger charge is -2.20. The van der Waals surface area contributed by atoms with Crippen LogP contribution < -0.4 is 29.0 Å². The average molecular weight is 408 g/mol. The number of hydrogen-bond acceptors (Lipinski definition) is 7. The van der Waals surface area contributed by atoms with Crippen molar-refractivity contribution in [1.29, 1.82) is 0 Å². The number of rotatable bonds is 6. The molecule has 0 aromatic heterocycles. The number of aliphatic hydroxyl groups excluding tert-OH is 1. The number of carbonyl (C=O) groups excluding carboxylic acids is 1. The van der Waals surface area contributed by atoms with Crippen molar-refractivity contribution in [2.45, 2.75) is 6.10 Å². The van der Waals surface area contributed by atoms with E-state index in [1.165, 1.54) is 6.07 Å². The molecule has 0 radical (unpaired) electrons. The Hall–Kier alpha value is -2.84. The number of benzene rings is 2. The molecule has 2 heterocycles. The van der Waals surface area contributed by atoms with Crippen molar-refractivity contribution in [1.82, 2.24) is 5.32 Å². The largest absolute Gasteiger partial charge is 0.491 e. The fraction of sp³-hybridized carbons (Fsp3) is 0.316. The van der Waals surface area contributed by atoms with E-state index >= 15 is 0 Å². The van der Waals surface area contributed by atoms with Gasteiger partial charge in [0.05, 0.1) is 5.02 Å². The van der Waals surface area contributed by atoms with E-state index in [-0.39, 0.29) is 25.9 Å². The predicted molar refractivity (Wildman–Crippen MR) is 98.8 cm³/mol. The maximum atomic E-state index is 12.3. The molecule has 0 bridgehead atoms. The predicted octanol–water partition coefficient (Wildman–Crippen LogP) is 2.01. The van der Waals surface area contributed by atoms with E-state index in [9.17, 15) is 9.90 Å². The van der Waals surface area contributed by atoms with Gasteiger partial charge in [-0.15, -0.1) is 0 Å². The Kier molecular flexibility index (Phi) is 5.31. The normalized spacial score (nSPS) is 15.1. The van der Waals surface area contributed by atoms with Crippen LogP contribution in [0.25, 0.3) is 0 Å². The third-order valence-electron chi connectivity index (χ3n) is 4.14. The Balaban J connectivity index is 1.29. The molecule has 1 unspecified atom stereocenters. The summed E-state index contributed by atoms with van der Waals surface area (Å²) in [6.45, 7) is 0.993. The Bertz CT molecular complexity index is 889. The van der Waals surface area contributed by atoms with Gasteiger partial charge in [0.25, 0.3) is 5.91 Å². The molecular formula is C19H18ClNO7. The van der Waals surface area contributed by atoms with E-state index in [0.29, 0.717) is 52.5 Å². The van der Waals surface area contributed by atoms with Crippen LogP contribution in [0, 0.1) is 0 Å². The summed E-state index contributed by atoms with van der Waals surface area (Å²) in [6, 6.07) is 8.20. The van der Waals surface area contributed by atoms with Gasteiger partial charge in [0.2, 0.25) is 6.79 Å². The Morgan fingerprint density at radius 3 is 2.82 bits per heavy atom. The molecule has 8 nitrogen and oxygen atoms in total. The molecule has 0 fully saturated rings. The summed E-state index contributed by atoms with van der Waals surface area (Å²) in [6.07, 6.45) is -0.901. The van der Waals surface area contributed by atoms with Gasteiger partial charge in [-0.1, -0.05) is 11.6 Å². The first-order valence-electron chi connectivity index (χ1n) is 8.68. The minimum absolute atomic E-state index is 0.00180. The van der Waals surface area contributed by atoms with Gasteiger partial charge in [-0.25, -0.2) is 0 Å². The lowest BCUT2D eigenvalue weighted by Crippen LogP contribution is -2.35. The highest BCUT2D eigenvalue weighted by Crippen LogP contribution is 2.38. The van der Waals surface area contributed by atoms with Crippen molar-refractivity contribution in [3.8, 4) is 28.7 Å². The fourth-order valence-corrected chi connectivity index (χ4v) is 3.04. The van der Waals surface area contributed by atoms with Gasteiger partial charge in [-0.2, -0.15) is 0 Å². The summed E-state index contributed by atoms with van der Waals surface area (Å²) in [4.78, 5) is 12.3. The van der Waals surface area contributed by atoms with E-state index in [1.807, 2.05) is 0 Å². The van der Waals surface area contributed by atoms with Crippen LogP contribution in [-0.4, -0.2) is 50.3 Å². The number of nitrogens with one attached hydrogen (secondary N) is 1. The standard InChI is InChI=1S/C19H18ClNO7/c20-14-5-11(6-17-18(14)25-4-3-24-17)19(23)21-8-12(22)9-26-13-1-2-15-16(7-13)28-10-27-15/h1-2,5-7,12,22H,3-4,8-10H2,(H,21,23). The van der Waals surface area contributed by atoms with Crippen LogP contribution in [0.15, 0.2) is 30.3 Å². The second-order valence-electron chi connectivity index (χ2n) is 6.17. The van der Waals surface area contributed by atoms with Crippen molar-refractivity contribution in [3.63, 3.8) is 0 Å². The summed E-state index contributed by atoms with van der Waals surface area (Å²) in [5.74, 6) is 2.25.